The van der Waals surface area contributed by atoms with E-state index >= 15 is 0 Å². The zero-order valence-corrected chi connectivity index (χ0v) is 13.0. The molecule has 0 unspecified atom stereocenters. The van der Waals surface area contributed by atoms with Crippen LogP contribution in [0, 0.1) is 0 Å². The number of aromatic amines is 1. The third-order valence-corrected chi connectivity index (χ3v) is 2.47. The molecule has 104 valence electrons. The first-order valence-corrected chi connectivity index (χ1v) is 5.83. The van der Waals surface area contributed by atoms with Gasteiger partial charge in [-0.1, -0.05) is 0 Å². The SMILES string of the molecule is CN=C(NCCc1ccco1)NCc1ccn[nH]1.I. The Kier molecular flexibility index (Phi) is 7.01. The molecule has 0 aromatic carbocycles. The molecule has 0 aliphatic rings. The summed E-state index contributed by atoms with van der Waals surface area (Å²) < 4.78 is 5.25. The fourth-order valence-electron chi connectivity index (χ4n) is 1.54. The fourth-order valence-corrected chi connectivity index (χ4v) is 1.54. The molecule has 0 aliphatic carbocycles. The first-order chi connectivity index (χ1) is 8.88. The lowest BCUT2D eigenvalue weighted by Crippen LogP contribution is -2.37. The summed E-state index contributed by atoms with van der Waals surface area (Å²) in [6.07, 6.45) is 4.24. The van der Waals surface area contributed by atoms with Gasteiger partial charge in [0, 0.05) is 26.2 Å². The standard InChI is InChI=1S/C12H17N5O.HI/c1-13-12(15-9-10-4-7-16-17-10)14-6-5-11-3-2-8-18-11;/h2-4,7-8H,5-6,9H2,1H3,(H,16,17)(H2,13,14,15);1H. The number of guanidine groups is 1. The highest BCUT2D eigenvalue weighted by molar-refractivity contribution is 14.0. The molecule has 2 heterocycles. The van der Waals surface area contributed by atoms with Crippen molar-refractivity contribution in [2.45, 2.75) is 13.0 Å². The molecule has 0 fully saturated rings. The molecular weight excluding hydrogens is 357 g/mol. The van der Waals surface area contributed by atoms with Crippen LogP contribution in [0.3, 0.4) is 0 Å². The molecule has 7 heteroatoms. The first-order valence-electron chi connectivity index (χ1n) is 5.83. The van der Waals surface area contributed by atoms with Crippen LogP contribution in [0.2, 0.25) is 0 Å². The van der Waals surface area contributed by atoms with E-state index in [2.05, 4.69) is 25.8 Å². The third kappa shape index (κ3) is 5.33. The zero-order valence-electron chi connectivity index (χ0n) is 10.7. The van der Waals surface area contributed by atoms with Crippen molar-refractivity contribution in [3.05, 3.63) is 42.1 Å². The van der Waals surface area contributed by atoms with Crippen molar-refractivity contribution >= 4 is 29.9 Å². The van der Waals surface area contributed by atoms with Gasteiger partial charge in [-0.05, 0) is 18.2 Å². The fraction of sp³-hybridized carbons (Fsp3) is 0.333. The van der Waals surface area contributed by atoms with Gasteiger partial charge in [-0.25, -0.2) is 0 Å². The monoisotopic (exact) mass is 375 g/mol. The van der Waals surface area contributed by atoms with Crippen molar-refractivity contribution in [1.29, 1.82) is 0 Å². The number of nitrogens with one attached hydrogen (secondary N) is 3. The highest BCUT2D eigenvalue weighted by atomic mass is 127. The summed E-state index contributed by atoms with van der Waals surface area (Å²) in [5.74, 6) is 1.72. The number of H-pyrrole nitrogens is 1. The maximum atomic E-state index is 5.25. The predicted octanol–water partition coefficient (Wildman–Crippen LogP) is 1.53. The summed E-state index contributed by atoms with van der Waals surface area (Å²) in [5, 5.41) is 13.2. The Morgan fingerprint density at radius 3 is 2.95 bits per heavy atom. The van der Waals surface area contributed by atoms with Crippen molar-refractivity contribution in [3.8, 4) is 0 Å². The average Bonchev–Trinajstić information content (AvgIpc) is 3.06. The average molecular weight is 375 g/mol. The summed E-state index contributed by atoms with van der Waals surface area (Å²) >= 11 is 0. The van der Waals surface area contributed by atoms with E-state index in [4.69, 9.17) is 4.42 Å². The molecule has 0 atom stereocenters. The van der Waals surface area contributed by atoms with Gasteiger partial charge in [-0.2, -0.15) is 5.10 Å². The predicted molar refractivity (Wildman–Crippen MR) is 84.6 cm³/mol. The van der Waals surface area contributed by atoms with E-state index < -0.39 is 0 Å². The maximum Gasteiger partial charge on any atom is 0.191 e. The lowest BCUT2D eigenvalue weighted by molar-refractivity contribution is 0.506. The molecule has 0 amide bonds. The van der Waals surface area contributed by atoms with Crippen LogP contribution in [-0.4, -0.2) is 29.7 Å². The molecule has 0 bridgehead atoms. The minimum absolute atomic E-state index is 0. The summed E-state index contributed by atoms with van der Waals surface area (Å²) in [7, 11) is 1.75. The second-order valence-electron chi connectivity index (χ2n) is 3.76. The maximum absolute atomic E-state index is 5.25. The zero-order chi connectivity index (χ0) is 12.6. The lowest BCUT2D eigenvalue weighted by Gasteiger charge is -2.10. The van der Waals surface area contributed by atoms with E-state index in [1.54, 1.807) is 19.5 Å². The summed E-state index contributed by atoms with van der Waals surface area (Å²) in [5.41, 5.74) is 1.02. The van der Waals surface area contributed by atoms with Crippen molar-refractivity contribution in [1.82, 2.24) is 20.8 Å². The number of furan rings is 1. The van der Waals surface area contributed by atoms with E-state index in [1.807, 2.05) is 18.2 Å². The second kappa shape index (κ2) is 8.57. The van der Waals surface area contributed by atoms with Gasteiger partial charge in [-0.15, -0.1) is 24.0 Å². The van der Waals surface area contributed by atoms with Gasteiger partial charge in [0.05, 0.1) is 18.5 Å². The van der Waals surface area contributed by atoms with Gasteiger partial charge >= 0.3 is 0 Å². The van der Waals surface area contributed by atoms with Crippen LogP contribution < -0.4 is 10.6 Å². The Bertz CT molecular complexity index is 466. The topological polar surface area (TPSA) is 78.2 Å². The van der Waals surface area contributed by atoms with Crippen molar-refractivity contribution in [2.24, 2.45) is 4.99 Å². The third-order valence-electron chi connectivity index (χ3n) is 2.47. The molecule has 0 radical (unpaired) electrons. The molecule has 0 saturated carbocycles. The number of aromatic nitrogens is 2. The van der Waals surface area contributed by atoms with Gasteiger partial charge in [0.2, 0.25) is 0 Å². The van der Waals surface area contributed by atoms with Gasteiger partial charge < -0.3 is 15.1 Å². The Hall–Kier alpha value is -1.51. The highest BCUT2D eigenvalue weighted by Crippen LogP contribution is 1.99. The largest absolute Gasteiger partial charge is 0.469 e. The number of hydrogen-bond donors (Lipinski definition) is 3. The molecule has 6 nitrogen and oxygen atoms in total. The number of aliphatic imine (C=N–C) groups is 1. The normalized spacial score (nSPS) is 10.9. The van der Waals surface area contributed by atoms with Crippen LogP contribution in [0.25, 0.3) is 0 Å². The summed E-state index contributed by atoms with van der Waals surface area (Å²) in [4.78, 5) is 4.14. The van der Waals surface area contributed by atoms with E-state index in [0.29, 0.717) is 6.54 Å². The summed E-state index contributed by atoms with van der Waals surface area (Å²) in [6.45, 7) is 1.44. The van der Waals surface area contributed by atoms with Crippen molar-refractivity contribution < 1.29 is 4.42 Å². The Labute approximate surface area is 129 Å². The quantitative estimate of drug-likeness (QED) is 0.421. The van der Waals surface area contributed by atoms with Gasteiger partial charge in [-0.3, -0.25) is 10.1 Å². The minimum Gasteiger partial charge on any atom is -0.469 e. The number of halogens is 1. The van der Waals surface area contributed by atoms with Crippen LogP contribution in [0.5, 0.6) is 0 Å². The van der Waals surface area contributed by atoms with E-state index in [1.165, 1.54) is 0 Å². The second-order valence-corrected chi connectivity index (χ2v) is 3.76. The first kappa shape index (κ1) is 15.5. The van der Waals surface area contributed by atoms with E-state index in [9.17, 15) is 0 Å². The van der Waals surface area contributed by atoms with Gasteiger partial charge in [0.15, 0.2) is 5.96 Å². The Morgan fingerprint density at radius 1 is 1.42 bits per heavy atom. The van der Waals surface area contributed by atoms with Gasteiger partial charge in [0.25, 0.3) is 0 Å². The van der Waals surface area contributed by atoms with Crippen LogP contribution in [0.15, 0.2) is 40.1 Å². The van der Waals surface area contributed by atoms with E-state index in [-0.39, 0.29) is 24.0 Å². The minimum atomic E-state index is 0. The Balaban J connectivity index is 0.00000180. The molecule has 0 saturated heterocycles. The molecule has 0 aliphatic heterocycles. The molecule has 2 aromatic heterocycles. The van der Waals surface area contributed by atoms with Crippen LogP contribution in [0.4, 0.5) is 0 Å². The van der Waals surface area contributed by atoms with Gasteiger partial charge in [0.1, 0.15) is 5.76 Å². The van der Waals surface area contributed by atoms with Crippen molar-refractivity contribution in [3.63, 3.8) is 0 Å². The van der Waals surface area contributed by atoms with Crippen molar-refractivity contribution in [2.75, 3.05) is 13.6 Å². The van der Waals surface area contributed by atoms with Crippen LogP contribution >= 0.6 is 24.0 Å². The van der Waals surface area contributed by atoms with Crippen LogP contribution in [-0.2, 0) is 13.0 Å². The molecule has 2 rings (SSSR count). The highest BCUT2D eigenvalue weighted by Gasteiger charge is 2.00. The molecule has 0 spiro atoms. The van der Waals surface area contributed by atoms with Crippen LogP contribution in [0.1, 0.15) is 11.5 Å². The van der Waals surface area contributed by atoms with E-state index in [0.717, 1.165) is 30.4 Å². The molecule has 2 aromatic rings. The summed E-state index contributed by atoms with van der Waals surface area (Å²) in [6, 6.07) is 5.77. The Morgan fingerprint density at radius 2 is 2.32 bits per heavy atom. The number of hydrogen-bond acceptors (Lipinski definition) is 3. The molecule has 19 heavy (non-hydrogen) atoms. The lowest BCUT2D eigenvalue weighted by atomic mass is 10.3. The number of rotatable bonds is 5. The smallest absolute Gasteiger partial charge is 0.191 e. The molecule has 3 N–H and O–H groups in total. The number of nitrogens with zero attached hydrogens (tertiary/aromatic N) is 2. The molecular formula is C12H18IN5O.